The van der Waals surface area contributed by atoms with Crippen LogP contribution < -0.4 is 5.32 Å². The quantitative estimate of drug-likeness (QED) is 0.575. The van der Waals surface area contributed by atoms with Gasteiger partial charge in [-0.1, -0.05) is 6.08 Å². The lowest BCUT2D eigenvalue weighted by Crippen LogP contribution is -2.57. The van der Waals surface area contributed by atoms with E-state index in [0.29, 0.717) is 19.4 Å². The normalized spacial score (nSPS) is 26.1. The fourth-order valence-corrected chi connectivity index (χ4v) is 2.56. The Hall–Kier alpha value is -1.40. The topological polar surface area (TPSA) is 84.9 Å². The molecule has 0 aromatic heterocycles. The maximum absolute atomic E-state index is 12.6. The van der Waals surface area contributed by atoms with Crippen LogP contribution in [-0.4, -0.2) is 47.9 Å². The summed E-state index contributed by atoms with van der Waals surface area (Å²) in [6.45, 7) is 5.82. The van der Waals surface area contributed by atoms with Gasteiger partial charge in [-0.25, -0.2) is 4.79 Å². The molecule has 22 heavy (non-hydrogen) atoms. The van der Waals surface area contributed by atoms with Crippen LogP contribution in [-0.2, 0) is 19.1 Å². The molecular formula is C16H27NO5. The second-order valence-corrected chi connectivity index (χ2v) is 6.64. The fourth-order valence-electron chi connectivity index (χ4n) is 2.56. The fraction of sp³-hybridized carbons (Fsp3) is 0.750. The lowest BCUT2D eigenvalue weighted by atomic mass is 9.80. The summed E-state index contributed by atoms with van der Waals surface area (Å²) in [6.07, 6.45) is 5.49. The van der Waals surface area contributed by atoms with Crippen LogP contribution in [0.4, 0.5) is 0 Å². The first-order valence-corrected chi connectivity index (χ1v) is 7.59. The molecule has 1 fully saturated rings. The van der Waals surface area contributed by atoms with Gasteiger partial charge in [0, 0.05) is 19.7 Å². The van der Waals surface area contributed by atoms with Gasteiger partial charge in [-0.05, 0) is 46.5 Å². The third-order valence-electron chi connectivity index (χ3n) is 3.73. The Morgan fingerprint density at radius 2 is 1.91 bits per heavy atom. The van der Waals surface area contributed by atoms with Crippen molar-refractivity contribution in [1.29, 1.82) is 0 Å². The summed E-state index contributed by atoms with van der Waals surface area (Å²) in [5.74, 6) is -1.28. The molecule has 0 aliphatic heterocycles. The minimum absolute atomic E-state index is 0.159. The molecule has 1 rings (SSSR count). The number of nitrogens with one attached hydrogen (secondary N) is 1. The zero-order valence-corrected chi connectivity index (χ0v) is 13.8. The summed E-state index contributed by atoms with van der Waals surface area (Å²) in [7, 11) is 1.67. The summed E-state index contributed by atoms with van der Waals surface area (Å²) >= 11 is 0. The van der Waals surface area contributed by atoms with Crippen molar-refractivity contribution in [1.82, 2.24) is 5.32 Å². The van der Waals surface area contributed by atoms with Crippen molar-refractivity contribution in [2.45, 2.75) is 63.7 Å². The highest BCUT2D eigenvalue weighted by Gasteiger charge is 2.44. The minimum atomic E-state index is -1.00. The van der Waals surface area contributed by atoms with E-state index in [2.05, 4.69) is 5.32 Å². The summed E-state index contributed by atoms with van der Waals surface area (Å²) in [5.41, 5.74) is -1.33. The van der Waals surface area contributed by atoms with Crippen LogP contribution in [0, 0.1) is 0 Å². The largest absolute Gasteiger partial charge is 0.478 e. The van der Waals surface area contributed by atoms with Crippen molar-refractivity contribution in [2.24, 2.45) is 0 Å². The van der Waals surface area contributed by atoms with E-state index < -0.39 is 17.1 Å². The molecule has 0 heterocycles. The number of carboxylic acids is 1. The summed E-state index contributed by atoms with van der Waals surface area (Å²) < 4.78 is 10.9. The molecule has 0 atom stereocenters. The number of rotatable bonds is 6. The SMILES string of the molecule is COC1CCC(NC/C=C/C(=O)O)(C(=O)OC(C)(C)C)CC1. The molecule has 6 nitrogen and oxygen atoms in total. The Morgan fingerprint density at radius 1 is 1.32 bits per heavy atom. The standard InChI is InChI=1S/C16H27NO5/c1-15(2,3)22-14(20)16(17-11-5-6-13(18)19)9-7-12(21-4)8-10-16/h5-6,12,17H,7-11H2,1-4H3,(H,18,19)/b6-5+. The van der Waals surface area contributed by atoms with E-state index in [9.17, 15) is 9.59 Å². The van der Waals surface area contributed by atoms with Crippen molar-refractivity contribution < 1.29 is 24.2 Å². The van der Waals surface area contributed by atoms with E-state index >= 15 is 0 Å². The van der Waals surface area contributed by atoms with Crippen molar-refractivity contribution in [3.05, 3.63) is 12.2 Å². The highest BCUT2D eigenvalue weighted by molar-refractivity contribution is 5.82. The van der Waals surface area contributed by atoms with Gasteiger partial charge in [0.1, 0.15) is 11.1 Å². The zero-order chi connectivity index (χ0) is 16.8. The molecule has 6 heteroatoms. The smallest absolute Gasteiger partial charge is 0.328 e. The summed E-state index contributed by atoms with van der Waals surface area (Å²) in [5, 5.41) is 11.8. The molecule has 1 saturated carbocycles. The number of carbonyl (C=O) groups excluding carboxylic acids is 1. The molecule has 0 saturated heterocycles. The van der Waals surface area contributed by atoms with Gasteiger partial charge in [-0.2, -0.15) is 0 Å². The van der Waals surface area contributed by atoms with Crippen molar-refractivity contribution in [3.8, 4) is 0 Å². The van der Waals surface area contributed by atoms with E-state index in [4.69, 9.17) is 14.6 Å². The number of carboxylic acid groups (broad SMARTS) is 1. The van der Waals surface area contributed by atoms with Crippen LogP contribution in [0.3, 0.4) is 0 Å². The maximum atomic E-state index is 12.6. The Balaban J connectivity index is 2.77. The molecule has 0 amide bonds. The van der Waals surface area contributed by atoms with Gasteiger partial charge in [-0.15, -0.1) is 0 Å². The predicted molar refractivity (Wildman–Crippen MR) is 82.6 cm³/mol. The summed E-state index contributed by atoms with van der Waals surface area (Å²) in [6, 6.07) is 0. The Kier molecular flexibility index (Phi) is 6.56. The molecule has 0 aromatic carbocycles. The molecule has 0 aromatic rings. The second-order valence-electron chi connectivity index (χ2n) is 6.64. The van der Waals surface area contributed by atoms with E-state index in [1.807, 2.05) is 20.8 Å². The van der Waals surface area contributed by atoms with Crippen LogP contribution in [0.25, 0.3) is 0 Å². The first-order chi connectivity index (χ1) is 10.2. The third kappa shape index (κ3) is 5.77. The molecule has 0 bridgehead atoms. The number of carbonyl (C=O) groups is 2. The van der Waals surface area contributed by atoms with Gasteiger partial charge in [0.05, 0.1) is 6.10 Å². The molecule has 0 unspecified atom stereocenters. The minimum Gasteiger partial charge on any atom is -0.478 e. The molecule has 1 aliphatic rings. The number of hydrogen-bond acceptors (Lipinski definition) is 5. The molecule has 1 aliphatic carbocycles. The second kappa shape index (κ2) is 7.74. The van der Waals surface area contributed by atoms with E-state index in [0.717, 1.165) is 18.9 Å². The lowest BCUT2D eigenvalue weighted by Gasteiger charge is -2.39. The average molecular weight is 313 g/mol. The van der Waals surface area contributed by atoms with E-state index in [1.165, 1.54) is 6.08 Å². The lowest BCUT2D eigenvalue weighted by molar-refractivity contribution is -0.166. The van der Waals surface area contributed by atoms with Crippen LogP contribution in [0.1, 0.15) is 46.5 Å². The van der Waals surface area contributed by atoms with Gasteiger partial charge in [0.25, 0.3) is 0 Å². The van der Waals surface area contributed by atoms with Gasteiger partial charge in [0.15, 0.2) is 0 Å². The van der Waals surface area contributed by atoms with Crippen LogP contribution in [0.15, 0.2) is 12.2 Å². The summed E-state index contributed by atoms with van der Waals surface area (Å²) in [4.78, 5) is 23.1. The number of methoxy groups -OCH3 is 1. The molecule has 0 spiro atoms. The Morgan fingerprint density at radius 3 is 2.36 bits per heavy atom. The van der Waals surface area contributed by atoms with Crippen molar-refractivity contribution >= 4 is 11.9 Å². The first-order valence-electron chi connectivity index (χ1n) is 7.59. The Bertz CT molecular complexity index is 417. The third-order valence-corrected chi connectivity index (χ3v) is 3.73. The number of ether oxygens (including phenoxy) is 2. The predicted octanol–water partition coefficient (Wildman–Crippen LogP) is 1.89. The highest BCUT2D eigenvalue weighted by atomic mass is 16.6. The van der Waals surface area contributed by atoms with Gasteiger partial charge in [0.2, 0.25) is 0 Å². The zero-order valence-electron chi connectivity index (χ0n) is 13.8. The molecular weight excluding hydrogens is 286 g/mol. The van der Waals surface area contributed by atoms with E-state index in [-0.39, 0.29) is 12.1 Å². The van der Waals surface area contributed by atoms with Gasteiger partial charge >= 0.3 is 11.9 Å². The monoisotopic (exact) mass is 313 g/mol. The number of hydrogen-bond donors (Lipinski definition) is 2. The van der Waals surface area contributed by atoms with Crippen molar-refractivity contribution in [2.75, 3.05) is 13.7 Å². The van der Waals surface area contributed by atoms with Crippen LogP contribution in [0.2, 0.25) is 0 Å². The first kappa shape index (κ1) is 18.6. The van der Waals surface area contributed by atoms with Crippen LogP contribution in [0.5, 0.6) is 0 Å². The Labute approximate surface area is 131 Å². The number of aliphatic carboxylic acids is 1. The molecule has 126 valence electrons. The van der Waals surface area contributed by atoms with Crippen LogP contribution >= 0.6 is 0 Å². The van der Waals surface area contributed by atoms with Gasteiger partial charge in [-0.3, -0.25) is 10.1 Å². The maximum Gasteiger partial charge on any atom is 0.328 e. The molecule has 0 radical (unpaired) electrons. The highest BCUT2D eigenvalue weighted by Crippen LogP contribution is 2.32. The van der Waals surface area contributed by atoms with E-state index in [1.54, 1.807) is 7.11 Å². The van der Waals surface area contributed by atoms with Gasteiger partial charge < -0.3 is 14.6 Å². The molecule has 2 N–H and O–H groups in total. The number of esters is 1. The average Bonchev–Trinajstić information content (AvgIpc) is 2.42. The van der Waals surface area contributed by atoms with Crippen molar-refractivity contribution in [3.63, 3.8) is 0 Å².